The summed E-state index contributed by atoms with van der Waals surface area (Å²) in [7, 11) is 0. The van der Waals surface area contributed by atoms with E-state index in [1.807, 2.05) is 6.92 Å². The van der Waals surface area contributed by atoms with Gasteiger partial charge in [-0.1, -0.05) is 5.18 Å². The van der Waals surface area contributed by atoms with Crippen LogP contribution in [0.4, 0.5) is 0 Å². The molecule has 3 unspecified atom stereocenters. The summed E-state index contributed by atoms with van der Waals surface area (Å²) in [5.41, 5.74) is 10.9. The van der Waals surface area contributed by atoms with Crippen LogP contribution in [-0.4, -0.2) is 18.2 Å². The molecule has 0 aliphatic carbocycles. The SMILES string of the molecule is CC1NNC(N)C1N=O. The first-order chi connectivity index (χ1) is 4.25. The highest BCUT2D eigenvalue weighted by atomic mass is 16.3. The topological polar surface area (TPSA) is 79.5 Å². The van der Waals surface area contributed by atoms with Crippen LogP contribution in [0.25, 0.3) is 0 Å². The van der Waals surface area contributed by atoms with Crippen LogP contribution < -0.4 is 16.6 Å². The van der Waals surface area contributed by atoms with E-state index in [0.29, 0.717) is 0 Å². The zero-order valence-corrected chi connectivity index (χ0v) is 5.16. The third kappa shape index (κ3) is 1.07. The Balaban J connectivity index is 2.54. The molecule has 1 rings (SSSR count). The molecular formula is C4H10N4O. The Morgan fingerprint density at radius 1 is 1.56 bits per heavy atom. The predicted molar refractivity (Wildman–Crippen MR) is 33.3 cm³/mol. The minimum absolute atomic E-state index is 0.0394. The summed E-state index contributed by atoms with van der Waals surface area (Å²) < 4.78 is 0. The van der Waals surface area contributed by atoms with E-state index >= 15 is 0 Å². The molecular weight excluding hydrogens is 120 g/mol. The van der Waals surface area contributed by atoms with Gasteiger partial charge in [0.05, 0.1) is 6.17 Å². The Hall–Kier alpha value is -0.520. The average Bonchev–Trinajstić information content (AvgIpc) is 2.12. The van der Waals surface area contributed by atoms with Crippen LogP contribution in [-0.2, 0) is 0 Å². The molecule has 5 nitrogen and oxygen atoms in total. The first-order valence-corrected chi connectivity index (χ1v) is 2.85. The van der Waals surface area contributed by atoms with Crippen LogP contribution in [0.5, 0.6) is 0 Å². The number of hydrazine groups is 1. The smallest absolute Gasteiger partial charge is 0.137 e. The van der Waals surface area contributed by atoms with E-state index in [1.165, 1.54) is 0 Å². The molecule has 3 atom stereocenters. The van der Waals surface area contributed by atoms with Crippen molar-refractivity contribution in [2.75, 3.05) is 0 Å². The van der Waals surface area contributed by atoms with E-state index < -0.39 is 0 Å². The third-order valence-electron chi connectivity index (χ3n) is 1.48. The van der Waals surface area contributed by atoms with Crippen molar-refractivity contribution in [3.8, 4) is 0 Å². The lowest BCUT2D eigenvalue weighted by Crippen LogP contribution is -2.40. The fourth-order valence-electron chi connectivity index (χ4n) is 0.866. The number of nitrogens with two attached hydrogens (primary N) is 1. The lowest BCUT2D eigenvalue weighted by molar-refractivity contribution is 0.542. The van der Waals surface area contributed by atoms with Gasteiger partial charge in [0.15, 0.2) is 0 Å². The van der Waals surface area contributed by atoms with Crippen LogP contribution in [0.3, 0.4) is 0 Å². The number of rotatable bonds is 1. The molecule has 1 fully saturated rings. The Morgan fingerprint density at radius 2 is 2.22 bits per heavy atom. The van der Waals surface area contributed by atoms with Gasteiger partial charge in [0.1, 0.15) is 6.04 Å². The zero-order chi connectivity index (χ0) is 6.85. The lowest BCUT2D eigenvalue weighted by atomic mass is 10.1. The molecule has 0 radical (unpaired) electrons. The minimum atomic E-state index is -0.343. The van der Waals surface area contributed by atoms with Gasteiger partial charge in [0.2, 0.25) is 0 Å². The second-order valence-corrected chi connectivity index (χ2v) is 2.20. The van der Waals surface area contributed by atoms with E-state index in [1.54, 1.807) is 0 Å². The summed E-state index contributed by atoms with van der Waals surface area (Å²) in [6.45, 7) is 1.85. The predicted octanol–water partition coefficient (Wildman–Crippen LogP) is -1.10. The quantitative estimate of drug-likeness (QED) is 0.394. The minimum Gasteiger partial charge on any atom is -0.313 e. The highest BCUT2D eigenvalue weighted by Crippen LogP contribution is 2.04. The van der Waals surface area contributed by atoms with E-state index in [-0.39, 0.29) is 18.2 Å². The average molecular weight is 130 g/mol. The molecule has 9 heavy (non-hydrogen) atoms. The van der Waals surface area contributed by atoms with Crippen molar-refractivity contribution in [2.24, 2.45) is 10.9 Å². The first-order valence-electron chi connectivity index (χ1n) is 2.85. The fourth-order valence-corrected chi connectivity index (χ4v) is 0.866. The van der Waals surface area contributed by atoms with E-state index in [9.17, 15) is 4.91 Å². The van der Waals surface area contributed by atoms with Gasteiger partial charge in [0.25, 0.3) is 0 Å². The Labute approximate surface area is 52.9 Å². The molecule has 0 amide bonds. The van der Waals surface area contributed by atoms with Crippen LogP contribution in [0.1, 0.15) is 6.92 Å². The third-order valence-corrected chi connectivity index (χ3v) is 1.48. The molecule has 0 saturated carbocycles. The molecule has 5 heteroatoms. The number of nitrogens with one attached hydrogen (secondary N) is 2. The van der Waals surface area contributed by atoms with Gasteiger partial charge >= 0.3 is 0 Å². The summed E-state index contributed by atoms with van der Waals surface area (Å²) in [5.74, 6) is 0. The molecule has 1 saturated heterocycles. The van der Waals surface area contributed by atoms with Crippen molar-refractivity contribution >= 4 is 0 Å². The van der Waals surface area contributed by atoms with E-state index in [0.717, 1.165) is 0 Å². The second kappa shape index (κ2) is 2.38. The molecule has 0 aromatic rings. The van der Waals surface area contributed by atoms with Crippen molar-refractivity contribution in [3.63, 3.8) is 0 Å². The Bertz CT molecular complexity index is 107. The maximum Gasteiger partial charge on any atom is 0.137 e. The van der Waals surface area contributed by atoms with Gasteiger partial charge in [-0.2, -0.15) is 4.91 Å². The van der Waals surface area contributed by atoms with Gasteiger partial charge in [-0.3, -0.25) is 5.43 Å². The zero-order valence-electron chi connectivity index (χ0n) is 5.16. The van der Waals surface area contributed by atoms with Gasteiger partial charge in [-0.05, 0) is 6.92 Å². The van der Waals surface area contributed by atoms with Crippen LogP contribution in [0, 0.1) is 4.91 Å². The van der Waals surface area contributed by atoms with Gasteiger partial charge < -0.3 is 5.73 Å². The standard InChI is InChI=1S/C4H10N4O/c1-2-3(8-9)4(5)7-6-2/h2-4,6-7H,5H2,1H3. The van der Waals surface area contributed by atoms with Gasteiger partial charge in [0, 0.05) is 6.04 Å². The summed E-state index contributed by atoms with van der Waals surface area (Å²) in [4.78, 5) is 10.0. The number of nitroso groups, excluding NO2 is 1. The second-order valence-electron chi connectivity index (χ2n) is 2.20. The molecule has 1 heterocycles. The number of hydrogen-bond donors (Lipinski definition) is 3. The molecule has 4 N–H and O–H groups in total. The van der Waals surface area contributed by atoms with Crippen molar-refractivity contribution in [3.05, 3.63) is 4.91 Å². The maximum absolute atomic E-state index is 10.0. The van der Waals surface area contributed by atoms with Crippen molar-refractivity contribution < 1.29 is 0 Å². The maximum atomic E-state index is 10.0. The van der Waals surface area contributed by atoms with Crippen LogP contribution >= 0.6 is 0 Å². The fraction of sp³-hybridized carbons (Fsp3) is 1.00. The van der Waals surface area contributed by atoms with E-state index in [2.05, 4.69) is 16.0 Å². The molecule has 0 aromatic heterocycles. The highest BCUT2D eigenvalue weighted by Gasteiger charge is 2.30. The summed E-state index contributed by atoms with van der Waals surface area (Å²) in [6, 6.07) is -0.303. The summed E-state index contributed by atoms with van der Waals surface area (Å²) in [6.07, 6.45) is -0.336. The molecule has 0 aromatic carbocycles. The summed E-state index contributed by atoms with van der Waals surface area (Å²) >= 11 is 0. The monoisotopic (exact) mass is 130 g/mol. The Morgan fingerprint density at radius 3 is 2.44 bits per heavy atom. The Kier molecular flexibility index (Phi) is 1.75. The lowest BCUT2D eigenvalue weighted by Gasteiger charge is -2.06. The van der Waals surface area contributed by atoms with Crippen LogP contribution in [0.2, 0.25) is 0 Å². The summed E-state index contributed by atoms with van der Waals surface area (Å²) in [5, 5.41) is 2.85. The molecule has 0 spiro atoms. The largest absolute Gasteiger partial charge is 0.313 e. The normalized spacial score (nSPS) is 43.1. The van der Waals surface area contributed by atoms with Crippen molar-refractivity contribution in [1.82, 2.24) is 10.9 Å². The van der Waals surface area contributed by atoms with E-state index in [4.69, 9.17) is 5.73 Å². The molecule has 52 valence electrons. The number of hydrogen-bond acceptors (Lipinski definition) is 5. The molecule has 1 aliphatic rings. The van der Waals surface area contributed by atoms with Crippen molar-refractivity contribution in [1.29, 1.82) is 0 Å². The van der Waals surface area contributed by atoms with Gasteiger partial charge in [-0.25, -0.2) is 5.43 Å². The van der Waals surface area contributed by atoms with Crippen molar-refractivity contribution in [2.45, 2.75) is 25.2 Å². The molecule has 0 bridgehead atoms. The first kappa shape index (κ1) is 6.60. The van der Waals surface area contributed by atoms with Gasteiger partial charge in [-0.15, -0.1) is 0 Å². The highest BCUT2D eigenvalue weighted by molar-refractivity contribution is 4.90. The van der Waals surface area contributed by atoms with Crippen LogP contribution in [0.15, 0.2) is 5.18 Å². The molecule has 1 aliphatic heterocycles. The number of nitrogens with zero attached hydrogens (tertiary/aromatic N) is 1.